The van der Waals surface area contributed by atoms with Crippen molar-refractivity contribution in [3.05, 3.63) is 12.7 Å². The number of hydrogen-bond donors (Lipinski definition) is 2. The van der Waals surface area contributed by atoms with E-state index in [2.05, 4.69) is 25.3 Å². The molecule has 3 atom stereocenters. The second-order valence-corrected chi connectivity index (χ2v) is 4.89. The Balaban J connectivity index is 0. The largest absolute Gasteiger partial charge is 0.393 e. The van der Waals surface area contributed by atoms with Gasteiger partial charge in [-0.15, -0.1) is 18.4 Å². The zero-order chi connectivity index (χ0) is 15.1. The van der Waals surface area contributed by atoms with Crippen LogP contribution < -0.4 is 0 Å². The van der Waals surface area contributed by atoms with Crippen molar-refractivity contribution >= 4 is 0 Å². The predicted molar refractivity (Wildman–Crippen MR) is 83.9 cm³/mol. The molecule has 0 saturated carbocycles. The van der Waals surface area contributed by atoms with E-state index in [4.69, 9.17) is 10.2 Å². The molecule has 0 aliphatic carbocycles. The van der Waals surface area contributed by atoms with E-state index in [1.165, 1.54) is 19.3 Å². The first-order chi connectivity index (χ1) is 9.03. The van der Waals surface area contributed by atoms with Gasteiger partial charge in [-0.25, -0.2) is 0 Å². The van der Waals surface area contributed by atoms with Gasteiger partial charge in [0.1, 0.15) is 0 Å². The Morgan fingerprint density at radius 2 is 1.84 bits per heavy atom. The Labute approximate surface area is 119 Å². The van der Waals surface area contributed by atoms with Crippen LogP contribution in [0, 0.1) is 17.8 Å². The summed E-state index contributed by atoms with van der Waals surface area (Å²) in [5, 5.41) is 18.3. The minimum atomic E-state index is -0.416. The van der Waals surface area contributed by atoms with Gasteiger partial charge in [-0.05, 0) is 25.7 Å². The first-order valence-electron chi connectivity index (χ1n) is 7.41. The van der Waals surface area contributed by atoms with Crippen LogP contribution in [0.3, 0.4) is 0 Å². The molecule has 2 heteroatoms. The van der Waals surface area contributed by atoms with Crippen LogP contribution in [0.1, 0.15) is 66.2 Å². The summed E-state index contributed by atoms with van der Waals surface area (Å²) in [6.07, 6.45) is 7.41. The Hall–Kier alpha value is -0.780. The molecule has 0 aromatic heterocycles. The molecule has 0 spiro atoms. The van der Waals surface area contributed by atoms with Gasteiger partial charge < -0.3 is 10.2 Å². The van der Waals surface area contributed by atoms with Crippen LogP contribution in [0.5, 0.6) is 0 Å². The Bertz CT molecular complexity index is 250. The summed E-state index contributed by atoms with van der Waals surface area (Å²) in [6.45, 7) is 11.4. The fourth-order valence-electron chi connectivity index (χ4n) is 1.45. The highest BCUT2D eigenvalue weighted by Crippen LogP contribution is 2.07. The van der Waals surface area contributed by atoms with E-state index in [1.54, 1.807) is 13.0 Å². The second-order valence-electron chi connectivity index (χ2n) is 4.89. The van der Waals surface area contributed by atoms with Crippen LogP contribution >= 0.6 is 0 Å². The maximum Gasteiger partial charge on any atom is 0.0752 e. The van der Waals surface area contributed by atoms with Crippen LogP contribution in [-0.2, 0) is 0 Å². The Morgan fingerprint density at radius 1 is 1.21 bits per heavy atom. The normalized spacial score (nSPS) is 14.2. The predicted octanol–water partition coefficient (Wildman–Crippen LogP) is 3.92. The van der Waals surface area contributed by atoms with Gasteiger partial charge in [0.15, 0.2) is 0 Å². The van der Waals surface area contributed by atoms with E-state index in [9.17, 15) is 0 Å². The van der Waals surface area contributed by atoms with Gasteiger partial charge in [0.2, 0.25) is 0 Å². The number of aliphatic hydroxyl groups is 2. The summed E-state index contributed by atoms with van der Waals surface area (Å²) < 4.78 is 0. The van der Waals surface area contributed by atoms with Crippen molar-refractivity contribution in [3.8, 4) is 11.8 Å². The van der Waals surface area contributed by atoms with Gasteiger partial charge >= 0.3 is 0 Å². The number of hydrogen-bond acceptors (Lipinski definition) is 2. The molecule has 0 aromatic carbocycles. The van der Waals surface area contributed by atoms with E-state index < -0.39 is 6.10 Å². The first-order valence-corrected chi connectivity index (χ1v) is 7.41. The summed E-state index contributed by atoms with van der Waals surface area (Å²) in [7, 11) is 0. The Kier molecular flexibility index (Phi) is 16.5. The van der Waals surface area contributed by atoms with Gasteiger partial charge in [0.25, 0.3) is 0 Å². The molecule has 0 bridgehead atoms. The van der Waals surface area contributed by atoms with Crippen LogP contribution in [0.25, 0.3) is 0 Å². The van der Waals surface area contributed by atoms with Crippen molar-refractivity contribution < 1.29 is 10.2 Å². The van der Waals surface area contributed by atoms with E-state index in [-0.39, 0.29) is 12.0 Å². The third kappa shape index (κ3) is 15.2. The molecule has 0 aromatic rings. The van der Waals surface area contributed by atoms with Crippen molar-refractivity contribution in [2.24, 2.45) is 5.92 Å². The quantitative estimate of drug-likeness (QED) is 0.398. The first kappa shape index (κ1) is 20.5. The highest BCUT2D eigenvalue weighted by atomic mass is 16.3. The molecule has 0 aliphatic heterocycles. The summed E-state index contributed by atoms with van der Waals surface area (Å²) >= 11 is 0. The summed E-state index contributed by atoms with van der Waals surface area (Å²) in [5.74, 6) is 5.89. The molecule has 0 aliphatic rings. The number of rotatable bonds is 8. The molecule has 112 valence electrons. The zero-order valence-electron chi connectivity index (χ0n) is 13.2. The fourth-order valence-corrected chi connectivity index (χ4v) is 1.45. The maximum atomic E-state index is 9.17. The van der Waals surface area contributed by atoms with E-state index in [0.29, 0.717) is 0 Å². The SMILES string of the molecule is C=C[C@@H](O)[C@@H](C)CC#CC.CCCCC[C@H](O)CC. The summed E-state index contributed by atoms with van der Waals surface area (Å²) in [6, 6.07) is 0. The third-order valence-corrected chi connectivity index (χ3v) is 3.04. The lowest BCUT2D eigenvalue weighted by molar-refractivity contribution is 0.156. The lowest BCUT2D eigenvalue weighted by Gasteiger charge is -2.10. The molecule has 2 nitrogen and oxygen atoms in total. The third-order valence-electron chi connectivity index (χ3n) is 3.04. The highest BCUT2D eigenvalue weighted by molar-refractivity contribution is 4.98. The van der Waals surface area contributed by atoms with Crippen molar-refractivity contribution in [1.29, 1.82) is 0 Å². The Morgan fingerprint density at radius 3 is 2.26 bits per heavy atom. The van der Waals surface area contributed by atoms with Gasteiger partial charge in [-0.1, -0.05) is 46.1 Å². The van der Waals surface area contributed by atoms with E-state index >= 15 is 0 Å². The lowest BCUT2D eigenvalue weighted by atomic mass is 10.0. The second kappa shape index (κ2) is 15.3. The lowest BCUT2D eigenvalue weighted by Crippen LogP contribution is -2.13. The van der Waals surface area contributed by atoms with E-state index in [0.717, 1.165) is 19.3 Å². The molecule has 0 unspecified atom stereocenters. The molecular weight excluding hydrogens is 236 g/mol. The summed E-state index contributed by atoms with van der Waals surface area (Å²) in [5.41, 5.74) is 0. The van der Waals surface area contributed by atoms with E-state index in [1.807, 2.05) is 13.8 Å². The van der Waals surface area contributed by atoms with Crippen molar-refractivity contribution in [2.75, 3.05) is 0 Å². The molecule has 0 radical (unpaired) electrons. The summed E-state index contributed by atoms with van der Waals surface area (Å²) in [4.78, 5) is 0. The van der Waals surface area contributed by atoms with Crippen molar-refractivity contribution in [3.63, 3.8) is 0 Å². The van der Waals surface area contributed by atoms with Gasteiger partial charge in [0.05, 0.1) is 12.2 Å². The van der Waals surface area contributed by atoms with Gasteiger partial charge in [0, 0.05) is 6.42 Å². The molecule has 19 heavy (non-hydrogen) atoms. The topological polar surface area (TPSA) is 40.5 Å². The fraction of sp³-hybridized carbons (Fsp3) is 0.765. The molecule has 0 fully saturated rings. The minimum Gasteiger partial charge on any atom is -0.393 e. The average molecular weight is 268 g/mol. The molecule has 2 N–H and O–H groups in total. The van der Waals surface area contributed by atoms with Gasteiger partial charge in [-0.2, -0.15) is 0 Å². The van der Waals surface area contributed by atoms with Crippen molar-refractivity contribution in [1.82, 2.24) is 0 Å². The number of aliphatic hydroxyl groups excluding tert-OH is 2. The van der Waals surface area contributed by atoms with Crippen LogP contribution in [0.4, 0.5) is 0 Å². The van der Waals surface area contributed by atoms with Crippen molar-refractivity contribution in [2.45, 2.75) is 78.4 Å². The van der Waals surface area contributed by atoms with Gasteiger partial charge in [-0.3, -0.25) is 0 Å². The number of unbranched alkanes of at least 4 members (excludes halogenated alkanes) is 2. The standard InChI is InChI=1S/C9H14O.C8H18O/c1-4-6-7-8(3)9(10)5-2;1-3-5-6-7-8(9)4-2/h5,8-10H,2,7H2,1,3H3;8-9H,3-7H2,1-2H3/t8-,9+;8-/m01/s1. The molecule has 0 amide bonds. The highest BCUT2D eigenvalue weighted by Gasteiger charge is 2.07. The van der Waals surface area contributed by atoms with Crippen LogP contribution in [0.2, 0.25) is 0 Å². The monoisotopic (exact) mass is 268 g/mol. The average Bonchev–Trinajstić information content (AvgIpc) is 2.44. The van der Waals surface area contributed by atoms with Crippen LogP contribution in [-0.4, -0.2) is 22.4 Å². The maximum absolute atomic E-state index is 9.17. The molecular formula is C17H32O2. The smallest absolute Gasteiger partial charge is 0.0752 e. The van der Waals surface area contributed by atoms with Crippen LogP contribution in [0.15, 0.2) is 12.7 Å². The molecule has 0 heterocycles. The molecule has 0 saturated heterocycles. The molecule has 0 rings (SSSR count). The zero-order valence-corrected chi connectivity index (χ0v) is 13.2. The minimum absolute atomic E-state index is 0.0449.